The molecule has 0 saturated carbocycles. The first-order chi connectivity index (χ1) is 11.7. The molecule has 4 rings (SSSR count). The van der Waals surface area contributed by atoms with E-state index in [1.165, 1.54) is 0 Å². The lowest BCUT2D eigenvalue weighted by atomic mass is 10.1. The second kappa shape index (κ2) is 6.06. The van der Waals surface area contributed by atoms with Crippen molar-refractivity contribution < 1.29 is 0 Å². The highest BCUT2D eigenvalue weighted by Gasteiger charge is 2.15. The van der Waals surface area contributed by atoms with Gasteiger partial charge in [-0.25, -0.2) is 4.98 Å². The van der Waals surface area contributed by atoms with Crippen molar-refractivity contribution in [2.75, 3.05) is 0 Å². The maximum absolute atomic E-state index is 12.6. The minimum absolute atomic E-state index is 0.0538. The SMILES string of the molecule is Cc1c(-c2ccccc2)sc2nc(Cc3ccccc3)[nH]c(=O)c12. The van der Waals surface area contributed by atoms with Crippen LogP contribution in [0.15, 0.2) is 65.5 Å². The first-order valence-electron chi connectivity index (χ1n) is 7.84. The predicted octanol–water partition coefficient (Wildman–Crippen LogP) is 4.55. The van der Waals surface area contributed by atoms with E-state index in [1.807, 2.05) is 55.5 Å². The minimum Gasteiger partial charge on any atom is -0.310 e. The molecule has 0 bridgehead atoms. The Kier molecular flexibility index (Phi) is 3.75. The van der Waals surface area contributed by atoms with E-state index in [1.54, 1.807) is 11.3 Å². The second-order valence-electron chi connectivity index (χ2n) is 5.78. The third-order valence-corrected chi connectivity index (χ3v) is 5.33. The van der Waals surface area contributed by atoms with Gasteiger partial charge in [-0.1, -0.05) is 60.7 Å². The molecule has 3 nitrogen and oxygen atoms in total. The van der Waals surface area contributed by atoms with Gasteiger partial charge in [0, 0.05) is 11.3 Å². The number of H-pyrrole nitrogens is 1. The number of fused-ring (bicyclic) bond motifs is 1. The van der Waals surface area contributed by atoms with Gasteiger partial charge in [0.15, 0.2) is 0 Å². The van der Waals surface area contributed by atoms with Crippen molar-refractivity contribution in [2.45, 2.75) is 13.3 Å². The molecule has 118 valence electrons. The van der Waals surface area contributed by atoms with Gasteiger partial charge in [-0.05, 0) is 23.6 Å². The van der Waals surface area contributed by atoms with Gasteiger partial charge < -0.3 is 4.98 Å². The van der Waals surface area contributed by atoms with Gasteiger partial charge in [-0.15, -0.1) is 11.3 Å². The third kappa shape index (κ3) is 2.65. The quantitative estimate of drug-likeness (QED) is 0.598. The highest BCUT2D eigenvalue weighted by atomic mass is 32.1. The predicted molar refractivity (Wildman–Crippen MR) is 99.7 cm³/mol. The molecule has 1 N–H and O–H groups in total. The van der Waals surface area contributed by atoms with Gasteiger partial charge >= 0.3 is 0 Å². The number of aryl methyl sites for hydroxylation is 1. The van der Waals surface area contributed by atoms with Crippen molar-refractivity contribution in [1.82, 2.24) is 9.97 Å². The number of aromatic nitrogens is 2. The molecule has 0 spiro atoms. The Morgan fingerprint density at radius 2 is 1.67 bits per heavy atom. The fourth-order valence-corrected chi connectivity index (χ4v) is 4.13. The monoisotopic (exact) mass is 332 g/mol. The molecule has 4 heteroatoms. The highest BCUT2D eigenvalue weighted by molar-refractivity contribution is 7.22. The van der Waals surface area contributed by atoms with Crippen LogP contribution in [0.5, 0.6) is 0 Å². The van der Waals surface area contributed by atoms with Crippen molar-refractivity contribution in [3.05, 3.63) is 88.0 Å². The van der Waals surface area contributed by atoms with E-state index in [9.17, 15) is 4.79 Å². The molecule has 0 aliphatic carbocycles. The van der Waals surface area contributed by atoms with Crippen LogP contribution in [-0.4, -0.2) is 9.97 Å². The lowest BCUT2D eigenvalue weighted by Gasteiger charge is -2.01. The molecule has 4 aromatic rings. The number of rotatable bonds is 3. The van der Waals surface area contributed by atoms with Gasteiger partial charge in [0.05, 0.1) is 5.39 Å². The summed E-state index contributed by atoms with van der Waals surface area (Å²) in [5.74, 6) is 0.708. The first kappa shape index (κ1) is 14.8. The van der Waals surface area contributed by atoms with E-state index in [0.717, 1.165) is 26.4 Å². The van der Waals surface area contributed by atoms with Gasteiger partial charge in [-0.2, -0.15) is 0 Å². The molecule has 24 heavy (non-hydrogen) atoms. The maximum Gasteiger partial charge on any atom is 0.259 e. The molecule has 0 fully saturated rings. The molecule has 0 radical (unpaired) electrons. The van der Waals surface area contributed by atoms with E-state index in [2.05, 4.69) is 17.1 Å². The van der Waals surface area contributed by atoms with E-state index in [-0.39, 0.29) is 5.56 Å². The van der Waals surface area contributed by atoms with Crippen LogP contribution >= 0.6 is 11.3 Å². The summed E-state index contributed by atoms with van der Waals surface area (Å²) in [6.07, 6.45) is 0.629. The van der Waals surface area contributed by atoms with Crippen LogP contribution in [0, 0.1) is 6.92 Å². The zero-order chi connectivity index (χ0) is 16.5. The molecule has 2 heterocycles. The van der Waals surface area contributed by atoms with Crippen molar-refractivity contribution in [3.8, 4) is 10.4 Å². The zero-order valence-corrected chi connectivity index (χ0v) is 14.1. The van der Waals surface area contributed by atoms with Gasteiger partial charge in [-0.3, -0.25) is 4.79 Å². The van der Waals surface area contributed by atoms with Crippen LogP contribution in [0.4, 0.5) is 0 Å². The Labute approximate surface area is 143 Å². The number of hydrogen-bond acceptors (Lipinski definition) is 3. The molecular formula is C20H16N2OS. The number of nitrogens with zero attached hydrogens (tertiary/aromatic N) is 1. The molecule has 0 aliphatic rings. The summed E-state index contributed by atoms with van der Waals surface area (Å²) in [6, 6.07) is 20.2. The average molecular weight is 332 g/mol. The average Bonchev–Trinajstić information content (AvgIpc) is 2.94. The Balaban J connectivity index is 1.83. The maximum atomic E-state index is 12.6. The summed E-state index contributed by atoms with van der Waals surface area (Å²) in [4.78, 5) is 22.1. The largest absolute Gasteiger partial charge is 0.310 e. The Morgan fingerprint density at radius 1 is 1.00 bits per heavy atom. The summed E-state index contributed by atoms with van der Waals surface area (Å²) in [6.45, 7) is 1.99. The van der Waals surface area contributed by atoms with Crippen molar-refractivity contribution >= 4 is 21.6 Å². The molecular weight excluding hydrogens is 316 g/mol. The Bertz CT molecular complexity index is 1050. The molecule has 2 aromatic carbocycles. The van der Waals surface area contributed by atoms with E-state index >= 15 is 0 Å². The summed E-state index contributed by atoms with van der Waals surface area (Å²) in [7, 11) is 0. The number of benzene rings is 2. The Morgan fingerprint density at radius 3 is 2.38 bits per heavy atom. The van der Waals surface area contributed by atoms with E-state index in [4.69, 9.17) is 4.98 Å². The minimum atomic E-state index is -0.0538. The molecule has 0 unspecified atom stereocenters. The van der Waals surface area contributed by atoms with Crippen LogP contribution in [0.2, 0.25) is 0 Å². The van der Waals surface area contributed by atoms with E-state index in [0.29, 0.717) is 17.6 Å². The van der Waals surface area contributed by atoms with Crippen molar-refractivity contribution in [1.29, 1.82) is 0 Å². The normalized spacial score (nSPS) is 11.0. The summed E-state index contributed by atoms with van der Waals surface area (Å²) in [5.41, 5.74) is 3.21. The first-order valence-corrected chi connectivity index (χ1v) is 8.65. The topological polar surface area (TPSA) is 45.8 Å². The number of nitrogens with one attached hydrogen (secondary N) is 1. The van der Waals surface area contributed by atoms with E-state index < -0.39 is 0 Å². The number of hydrogen-bond donors (Lipinski definition) is 1. The van der Waals surface area contributed by atoms with Gasteiger partial charge in [0.2, 0.25) is 0 Å². The summed E-state index contributed by atoms with van der Waals surface area (Å²) < 4.78 is 0. The van der Waals surface area contributed by atoms with Gasteiger partial charge in [0.1, 0.15) is 10.7 Å². The summed E-state index contributed by atoms with van der Waals surface area (Å²) >= 11 is 1.58. The van der Waals surface area contributed by atoms with Crippen LogP contribution in [0.1, 0.15) is 17.0 Å². The fourth-order valence-electron chi connectivity index (χ4n) is 2.93. The Hall–Kier alpha value is -2.72. The van der Waals surface area contributed by atoms with Crippen LogP contribution in [0.3, 0.4) is 0 Å². The molecule has 0 saturated heterocycles. The van der Waals surface area contributed by atoms with Crippen LogP contribution < -0.4 is 5.56 Å². The lowest BCUT2D eigenvalue weighted by molar-refractivity contribution is 0.976. The highest BCUT2D eigenvalue weighted by Crippen LogP contribution is 2.35. The lowest BCUT2D eigenvalue weighted by Crippen LogP contribution is -2.11. The molecule has 0 aliphatic heterocycles. The fraction of sp³-hybridized carbons (Fsp3) is 0.100. The van der Waals surface area contributed by atoms with Gasteiger partial charge in [0.25, 0.3) is 5.56 Å². The van der Waals surface area contributed by atoms with Crippen LogP contribution in [-0.2, 0) is 6.42 Å². The molecule has 0 atom stereocenters. The summed E-state index contributed by atoms with van der Waals surface area (Å²) in [5, 5.41) is 0.704. The number of thiophene rings is 1. The van der Waals surface area contributed by atoms with Crippen LogP contribution in [0.25, 0.3) is 20.7 Å². The number of aromatic amines is 1. The van der Waals surface area contributed by atoms with Crippen molar-refractivity contribution in [3.63, 3.8) is 0 Å². The van der Waals surface area contributed by atoms with Crippen molar-refractivity contribution in [2.24, 2.45) is 0 Å². The third-order valence-electron chi connectivity index (χ3n) is 4.10. The standard InChI is InChI=1S/C20H16N2OS/c1-13-17-19(23)21-16(12-14-8-4-2-5-9-14)22-20(17)24-18(13)15-10-6-3-7-11-15/h2-11H,12H2,1H3,(H,21,22,23). The molecule has 0 amide bonds. The second-order valence-corrected chi connectivity index (χ2v) is 6.78. The smallest absolute Gasteiger partial charge is 0.259 e. The zero-order valence-electron chi connectivity index (χ0n) is 13.2. The molecule has 2 aromatic heterocycles.